The van der Waals surface area contributed by atoms with Crippen LogP contribution in [0, 0.1) is 0 Å². The molecule has 9 nitrogen and oxygen atoms in total. The zero-order valence-corrected chi connectivity index (χ0v) is 23.7. The van der Waals surface area contributed by atoms with Crippen molar-refractivity contribution >= 4 is 51.8 Å². The molecule has 2 aliphatic heterocycles. The van der Waals surface area contributed by atoms with Gasteiger partial charge in [0, 0.05) is 55.6 Å². The molecule has 0 saturated carbocycles. The number of piperazine rings is 1. The second-order valence-electron chi connectivity index (χ2n) is 9.80. The van der Waals surface area contributed by atoms with Crippen molar-refractivity contribution in [2.75, 3.05) is 44.2 Å². The van der Waals surface area contributed by atoms with Crippen LogP contribution in [0.5, 0.6) is 0 Å². The number of thiophene rings is 1. The molecule has 2 saturated heterocycles. The van der Waals surface area contributed by atoms with Crippen molar-refractivity contribution in [3.05, 3.63) is 44.4 Å². The highest BCUT2D eigenvalue weighted by atomic mass is 35.5. The number of halogens is 1. The summed E-state index contributed by atoms with van der Waals surface area (Å²) >= 11 is 9.38. The molecule has 2 aliphatic rings. The number of Topliss-reactive ketones (excluding diaryl/α,β-unsaturated/α-hetero) is 1. The standard InChI is InChI=1S/C26H31ClN6O3S2/c1-17-3-2-5-33(17)15-22-26(21-11-18(27)16-37-21)30-24(38-22)12-20(34)19-13-29-23(14-28-19)32-9-7-31(8-10-32)6-4-25(35)36/h11,13-14,16-17H,2-10,12,15H2,1H3,(H,35,36)/t17-/m1/s1. The average Bonchev–Trinajstić information content (AvgIpc) is 3.63. The molecule has 12 heteroatoms. The van der Waals surface area contributed by atoms with E-state index in [1.807, 2.05) is 11.4 Å². The lowest BCUT2D eigenvalue weighted by molar-refractivity contribution is -0.137. The number of carbonyl (C=O) groups excluding carboxylic acids is 1. The van der Waals surface area contributed by atoms with Gasteiger partial charge in [-0.05, 0) is 32.4 Å². The SMILES string of the molecule is C[C@@H]1CCCN1Cc1sc(CC(=O)c2cnc(N3CCN(CCC(=O)O)CC3)cn2)nc1-c1cc(Cl)cs1. The summed E-state index contributed by atoms with van der Waals surface area (Å²) in [6, 6.07) is 2.49. The highest BCUT2D eigenvalue weighted by Crippen LogP contribution is 2.36. The van der Waals surface area contributed by atoms with Gasteiger partial charge in [0.1, 0.15) is 16.5 Å². The van der Waals surface area contributed by atoms with E-state index in [1.165, 1.54) is 17.7 Å². The summed E-state index contributed by atoms with van der Waals surface area (Å²) in [5, 5.41) is 12.3. The molecule has 0 radical (unpaired) electrons. The van der Waals surface area contributed by atoms with Gasteiger partial charge >= 0.3 is 5.97 Å². The van der Waals surface area contributed by atoms with Crippen molar-refractivity contribution in [1.82, 2.24) is 24.8 Å². The first kappa shape index (κ1) is 27.1. The molecule has 1 atom stereocenters. The van der Waals surface area contributed by atoms with E-state index in [0.717, 1.165) is 60.7 Å². The number of anilines is 1. The molecule has 3 aromatic rings. The van der Waals surface area contributed by atoms with Crippen LogP contribution in [0.25, 0.3) is 10.6 Å². The van der Waals surface area contributed by atoms with Crippen molar-refractivity contribution in [2.24, 2.45) is 0 Å². The van der Waals surface area contributed by atoms with Crippen molar-refractivity contribution in [3.63, 3.8) is 0 Å². The Morgan fingerprint density at radius 1 is 1.16 bits per heavy atom. The summed E-state index contributed by atoms with van der Waals surface area (Å²) in [5.41, 5.74) is 1.26. The molecule has 202 valence electrons. The summed E-state index contributed by atoms with van der Waals surface area (Å²) < 4.78 is 0. The Labute approximate surface area is 235 Å². The van der Waals surface area contributed by atoms with E-state index in [9.17, 15) is 9.59 Å². The molecule has 0 unspecified atom stereocenters. The van der Waals surface area contributed by atoms with E-state index in [0.29, 0.717) is 23.3 Å². The monoisotopic (exact) mass is 574 g/mol. The predicted molar refractivity (Wildman–Crippen MR) is 151 cm³/mol. The Morgan fingerprint density at radius 2 is 1.97 bits per heavy atom. The molecule has 0 spiro atoms. The molecule has 1 N–H and O–H groups in total. The van der Waals surface area contributed by atoms with E-state index in [-0.39, 0.29) is 18.6 Å². The fraction of sp³-hybridized carbons (Fsp3) is 0.500. The van der Waals surface area contributed by atoms with Gasteiger partial charge < -0.3 is 10.0 Å². The summed E-state index contributed by atoms with van der Waals surface area (Å²) in [4.78, 5) is 46.6. The second-order valence-corrected chi connectivity index (χ2v) is 12.3. The summed E-state index contributed by atoms with van der Waals surface area (Å²) in [6.07, 6.45) is 5.95. The molecule has 0 aromatic carbocycles. The lowest BCUT2D eigenvalue weighted by atomic mass is 10.2. The van der Waals surface area contributed by atoms with E-state index >= 15 is 0 Å². The first-order valence-corrected chi connectivity index (χ1v) is 14.9. The van der Waals surface area contributed by atoms with Crippen LogP contribution in [0.4, 0.5) is 5.82 Å². The minimum Gasteiger partial charge on any atom is -0.481 e. The van der Waals surface area contributed by atoms with Gasteiger partial charge in [-0.25, -0.2) is 15.0 Å². The Kier molecular flexibility index (Phi) is 8.69. The largest absolute Gasteiger partial charge is 0.481 e. The fourth-order valence-electron chi connectivity index (χ4n) is 4.94. The zero-order valence-electron chi connectivity index (χ0n) is 21.3. The Balaban J connectivity index is 1.23. The van der Waals surface area contributed by atoms with Gasteiger partial charge in [-0.15, -0.1) is 22.7 Å². The van der Waals surface area contributed by atoms with Crippen LogP contribution >= 0.6 is 34.3 Å². The van der Waals surface area contributed by atoms with Crippen molar-refractivity contribution in [1.29, 1.82) is 0 Å². The number of thiazole rings is 1. The maximum Gasteiger partial charge on any atom is 0.304 e. The number of carboxylic acid groups (broad SMARTS) is 1. The van der Waals surface area contributed by atoms with Gasteiger partial charge in [0.2, 0.25) is 0 Å². The second kappa shape index (κ2) is 12.2. The number of aromatic nitrogens is 3. The lowest BCUT2D eigenvalue weighted by Crippen LogP contribution is -2.47. The minimum absolute atomic E-state index is 0.104. The third-order valence-electron chi connectivity index (χ3n) is 7.15. The van der Waals surface area contributed by atoms with Gasteiger partial charge in [-0.2, -0.15) is 0 Å². The number of rotatable bonds is 10. The number of hydrogen-bond acceptors (Lipinski definition) is 10. The molecule has 38 heavy (non-hydrogen) atoms. The topological polar surface area (TPSA) is 103 Å². The summed E-state index contributed by atoms with van der Waals surface area (Å²) in [6.45, 7) is 7.77. The molecule has 5 rings (SSSR count). The van der Waals surface area contributed by atoms with Gasteiger partial charge in [-0.3, -0.25) is 19.4 Å². The first-order valence-electron chi connectivity index (χ1n) is 12.9. The Bertz CT molecular complexity index is 1270. The molecular weight excluding hydrogens is 544 g/mol. The third-order valence-corrected chi connectivity index (χ3v) is 9.48. The van der Waals surface area contributed by atoms with Crippen molar-refractivity contribution < 1.29 is 14.7 Å². The van der Waals surface area contributed by atoms with E-state index in [1.54, 1.807) is 35.1 Å². The van der Waals surface area contributed by atoms with Crippen LogP contribution in [0.3, 0.4) is 0 Å². The minimum atomic E-state index is -0.777. The van der Waals surface area contributed by atoms with Gasteiger partial charge in [0.25, 0.3) is 0 Å². The molecular formula is C26H31ClN6O3S2. The number of nitrogens with zero attached hydrogens (tertiary/aromatic N) is 6. The molecule has 3 aromatic heterocycles. The number of carbonyl (C=O) groups is 2. The quantitative estimate of drug-likeness (QED) is 0.354. The number of likely N-dealkylation sites (tertiary alicyclic amines) is 1. The fourth-order valence-corrected chi connectivity index (χ4v) is 7.20. The van der Waals surface area contributed by atoms with Crippen LogP contribution in [0.15, 0.2) is 23.8 Å². The van der Waals surface area contributed by atoms with Gasteiger partial charge in [0.15, 0.2) is 5.78 Å². The van der Waals surface area contributed by atoms with Crippen LogP contribution in [-0.2, 0) is 17.8 Å². The van der Waals surface area contributed by atoms with E-state index in [4.69, 9.17) is 21.7 Å². The zero-order chi connectivity index (χ0) is 26.6. The van der Waals surface area contributed by atoms with E-state index < -0.39 is 5.97 Å². The number of hydrogen-bond donors (Lipinski definition) is 1. The smallest absolute Gasteiger partial charge is 0.304 e. The van der Waals surface area contributed by atoms with Crippen molar-refractivity contribution in [2.45, 2.75) is 45.2 Å². The van der Waals surface area contributed by atoms with Crippen LogP contribution in [0.2, 0.25) is 5.02 Å². The normalized spacial score (nSPS) is 18.8. The number of ketones is 1. The summed E-state index contributed by atoms with van der Waals surface area (Å²) in [5.74, 6) is -0.151. The molecule has 2 fully saturated rings. The molecule has 5 heterocycles. The average molecular weight is 575 g/mol. The molecule has 0 amide bonds. The summed E-state index contributed by atoms with van der Waals surface area (Å²) in [7, 11) is 0. The number of aliphatic carboxylic acids is 1. The van der Waals surface area contributed by atoms with Crippen LogP contribution in [-0.4, -0.2) is 86.9 Å². The highest BCUT2D eigenvalue weighted by molar-refractivity contribution is 7.15. The Hall–Kier alpha value is -2.44. The lowest BCUT2D eigenvalue weighted by Gasteiger charge is -2.34. The maximum absolute atomic E-state index is 13.1. The van der Waals surface area contributed by atoms with Crippen molar-refractivity contribution in [3.8, 4) is 10.6 Å². The predicted octanol–water partition coefficient (Wildman–Crippen LogP) is 4.32. The first-order chi connectivity index (χ1) is 18.4. The van der Waals surface area contributed by atoms with Crippen LogP contribution in [0.1, 0.15) is 46.6 Å². The maximum atomic E-state index is 13.1. The van der Waals surface area contributed by atoms with Crippen LogP contribution < -0.4 is 4.90 Å². The van der Waals surface area contributed by atoms with E-state index in [2.05, 4.69) is 31.6 Å². The molecule has 0 aliphatic carbocycles. The van der Waals surface area contributed by atoms with Gasteiger partial charge in [-0.1, -0.05) is 11.6 Å². The third kappa shape index (κ3) is 6.58. The molecule has 0 bridgehead atoms. The van der Waals surface area contributed by atoms with Gasteiger partial charge in [0.05, 0.1) is 40.8 Å². The Morgan fingerprint density at radius 3 is 2.61 bits per heavy atom. The highest BCUT2D eigenvalue weighted by Gasteiger charge is 2.25. The number of carboxylic acids is 1.